The van der Waals surface area contributed by atoms with Gasteiger partial charge >= 0.3 is 0 Å². The number of piperidine rings is 1. The molecule has 1 atom stereocenters. The molecule has 1 aromatic carbocycles. The Bertz CT molecular complexity index is 724. The van der Waals surface area contributed by atoms with E-state index in [0.29, 0.717) is 18.4 Å². The van der Waals surface area contributed by atoms with E-state index >= 15 is 0 Å². The zero-order chi connectivity index (χ0) is 14.1. The summed E-state index contributed by atoms with van der Waals surface area (Å²) in [5, 5.41) is 3.15. The number of nitrogens with zero attached hydrogens (tertiary/aromatic N) is 1. The fourth-order valence-corrected chi connectivity index (χ4v) is 2.44. The summed E-state index contributed by atoms with van der Waals surface area (Å²) in [4.78, 5) is 38.1. The lowest BCUT2D eigenvalue weighted by Crippen LogP contribution is -2.39. The lowest BCUT2D eigenvalue weighted by Gasteiger charge is -2.21. The summed E-state index contributed by atoms with van der Waals surface area (Å²) in [6.07, 6.45) is 3.26. The van der Waals surface area contributed by atoms with Crippen LogP contribution in [-0.2, 0) is 9.59 Å². The molecule has 1 aliphatic rings. The van der Waals surface area contributed by atoms with Gasteiger partial charge in [0.15, 0.2) is 0 Å². The van der Waals surface area contributed by atoms with E-state index in [-0.39, 0.29) is 17.7 Å². The molecule has 1 fully saturated rings. The van der Waals surface area contributed by atoms with E-state index in [1.54, 1.807) is 24.4 Å². The molecular weight excluding hydrogens is 256 g/mol. The van der Waals surface area contributed by atoms with Crippen LogP contribution in [0.2, 0.25) is 0 Å². The van der Waals surface area contributed by atoms with Gasteiger partial charge in [0.2, 0.25) is 11.8 Å². The summed E-state index contributed by atoms with van der Waals surface area (Å²) in [5.74, 6) is -0.873. The SMILES string of the molecule is O=Cc1ccc2ncc(C3CCC(=O)NC3=O)cc2c1. The van der Waals surface area contributed by atoms with E-state index in [9.17, 15) is 14.4 Å². The number of fused-ring (bicyclic) bond motifs is 1. The molecule has 5 heteroatoms. The molecule has 1 aliphatic heterocycles. The van der Waals surface area contributed by atoms with Crippen molar-refractivity contribution in [3.05, 3.63) is 41.6 Å². The molecule has 0 spiro atoms. The van der Waals surface area contributed by atoms with Crippen molar-refractivity contribution >= 4 is 29.0 Å². The highest BCUT2D eigenvalue weighted by molar-refractivity contribution is 6.01. The quantitative estimate of drug-likeness (QED) is 0.662. The minimum Gasteiger partial charge on any atom is -0.298 e. The number of pyridine rings is 1. The molecular formula is C15H12N2O3. The van der Waals surface area contributed by atoms with E-state index in [2.05, 4.69) is 10.3 Å². The Morgan fingerprint density at radius 1 is 1.25 bits per heavy atom. The van der Waals surface area contributed by atoms with Gasteiger partial charge in [0.05, 0.1) is 11.4 Å². The number of carbonyl (C=O) groups is 3. The van der Waals surface area contributed by atoms with Gasteiger partial charge in [-0.15, -0.1) is 0 Å². The molecule has 0 bridgehead atoms. The minimum atomic E-state index is -0.357. The highest BCUT2D eigenvalue weighted by Crippen LogP contribution is 2.26. The molecule has 1 saturated heterocycles. The van der Waals surface area contributed by atoms with Crippen molar-refractivity contribution in [1.82, 2.24) is 10.3 Å². The Kier molecular flexibility index (Phi) is 3.02. The van der Waals surface area contributed by atoms with Crippen LogP contribution >= 0.6 is 0 Å². The maximum atomic E-state index is 11.8. The smallest absolute Gasteiger partial charge is 0.234 e. The van der Waals surface area contributed by atoms with Crippen molar-refractivity contribution in [2.45, 2.75) is 18.8 Å². The van der Waals surface area contributed by atoms with Crippen LogP contribution in [0.25, 0.3) is 10.9 Å². The molecule has 3 rings (SSSR count). The topological polar surface area (TPSA) is 76.1 Å². The van der Waals surface area contributed by atoms with Crippen molar-refractivity contribution < 1.29 is 14.4 Å². The van der Waals surface area contributed by atoms with Gasteiger partial charge in [-0.2, -0.15) is 0 Å². The number of amides is 2. The first-order chi connectivity index (χ1) is 9.67. The molecule has 20 heavy (non-hydrogen) atoms. The maximum absolute atomic E-state index is 11.8. The van der Waals surface area contributed by atoms with E-state index in [0.717, 1.165) is 22.8 Å². The molecule has 2 heterocycles. The first-order valence-corrected chi connectivity index (χ1v) is 6.36. The van der Waals surface area contributed by atoms with E-state index in [1.807, 2.05) is 6.07 Å². The summed E-state index contributed by atoms with van der Waals surface area (Å²) in [6.45, 7) is 0. The van der Waals surface area contributed by atoms with Crippen molar-refractivity contribution in [2.75, 3.05) is 0 Å². The molecule has 1 unspecified atom stereocenters. The average molecular weight is 268 g/mol. The van der Waals surface area contributed by atoms with Crippen molar-refractivity contribution in [3.63, 3.8) is 0 Å². The molecule has 0 aliphatic carbocycles. The van der Waals surface area contributed by atoms with Crippen molar-refractivity contribution in [3.8, 4) is 0 Å². The van der Waals surface area contributed by atoms with Gasteiger partial charge in [0, 0.05) is 23.6 Å². The second-order valence-electron chi connectivity index (χ2n) is 4.84. The minimum absolute atomic E-state index is 0.233. The van der Waals surface area contributed by atoms with Gasteiger partial charge in [0.1, 0.15) is 6.29 Å². The zero-order valence-electron chi connectivity index (χ0n) is 10.6. The third-order valence-corrected chi connectivity index (χ3v) is 3.50. The number of carbonyl (C=O) groups excluding carboxylic acids is 3. The molecule has 0 saturated carbocycles. The number of imide groups is 1. The maximum Gasteiger partial charge on any atom is 0.234 e. The van der Waals surface area contributed by atoms with E-state index in [1.165, 1.54) is 0 Å². The molecule has 5 nitrogen and oxygen atoms in total. The van der Waals surface area contributed by atoms with Gasteiger partial charge in [-0.3, -0.25) is 24.7 Å². The Morgan fingerprint density at radius 2 is 2.10 bits per heavy atom. The monoisotopic (exact) mass is 268 g/mol. The fourth-order valence-electron chi connectivity index (χ4n) is 2.44. The Hall–Kier alpha value is -2.56. The van der Waals surface area contributed by atoms with E-state index in [4.69, 9.17) is 0 Å². The Labute approximate surface area is 115 Å². The van der Waals surface area contributed by atoms with Crippen molar-refractivity contribution in [1.29, 1.82) is 0 Å². The predicted octanol–water partition coefficient (Wildman–Crippen LogP) is 1.57. The van der Waals surface area contributed by atoms with E-state index < -0.39 is 0 Å². The summed E-state index contributed by atoms with van der Waals surface area (Å²) in [7, 11) is 0. The molecule has 2 aromatic rings. The summed E-state index contributed by atoms with van der Waals surface area (Å²) in [6, 6.07) is 7.07. The van der Waals surface area contributed by atoms with Gasteiger partial charge in [0.25, 0.3) is 0 Å². The number of hydrogen-bond donors (Lipinski definition) is 1. The van der Waals surface area contributed by atoms with Crippen LogP contribution in [0.3, 0.4) is 0 Å². The second kappa shape index (κ2) is 4.85. The normalized spacial score (nSPS) is 18.9. The third-order valence-electron chi connectivity index (χ3n) is 3.50. The van der Waals surface area contributed by atoms with Gasteiger partial charge in [-0.25, -0.2) is 0 Å². The predicted molar refractivity (Wildman–Crippen MR) is 72.3 cm³/mol. The number of hydrogen-bond acceptors (Lipinski definition) is 4. The number of benzene rings is 1. The number of rotatable bonds is 2. The van der Waals surface area contributed by atoms with Gasteiger partial charge in [-0.05, 0) is 36.2 Å². The van der Waals surface area contributed by atoms with Crippen LogP contribution in [0, 0.1) is 0 Å². The number of aromatic nitrogens is 1. The molecule has 0 radical (unpaired) electrons. The van der Waals surface area contributed by atoms with Crippen LogP contribution in [0.1, 0.15) is 34.7 Å². The largest absolute Gasteiger partial charge is 0.298 e. The molecule has 100 valence electrons. The lowest BCUT2D eigenvalue weighted by molar-refractivity contribution is -0.134. The van der Waals surface area contributed by atoms with Gasteiger partial charge < -0.3 is 0 Å². The van der Waals surface area contributed by atoms with Gasteiger partial charge in [-0.1, -0.05) is 0 Å². The lowest BCUT2D eigenvalue weighted by atomic mass is 9.91. The number of nitrogens with one attached hydrogen (secondary N) is 1. The fraction of sp³-hybridized carbons (Fsp3) is 0.200. The highest BCUT2D eigenvalue weighted by Gasteiger charge is 2.28. The standard InChI is InChI=1S/C15H12N2O3/c18-8-9-1-3-13-10(5-9)6-11(7-16-13)12-2-4-14(19)17-15(12)20/h1,3,5-8,12H,2,4H2,(H,17,19,20). The highest BCUT2D eigenvalue weighted by atomic mass is 16.2. The first kappa shape index (κ1) is 12.5. The summed E-state index contributed by atoms with van der Waals surface area (Å²) in [5.41, 5.74) is 2.11. The second-order valence-corrected chi connectivity index (χ2v) is 4.84. The van der Waals surface area contributed by atoms with Crippen LogP contribution in [0.5, 0.6) is 0 Å². The summed E-state index contributed by atoms with van der Waals surface area (Å²) < 4.78 is 0. The first-order valence-electron chi connectivity index (χ1n) is 6.36. The van der Waals surface area contributed by atoms with Crippen LogP contribution in [0.15, 0.2) is 30.5 Å². The summed E-state index contributed by atoms with van der Waals surface area (Å²) >= 11 is 0. The molecule has 2 amide bonds. The van der Waals surface area contributed by atoms with Crippen LogP contribution in [0.4, 0.5) is 0 Å². The average Bonchev–Trinajstić information content (AvgIpc) is 2.46. The molecule has 1 N–H and O–H groups in total. The third kappa shape index (κ3) is 2.18. The van der Waals surface area contributed by atoms with Crippen LogP contribution < -0.4 is 5.32 Å². The zero-order valence-corrected chi connectivity index (χ0v) is 10.6. The Morgan fingerprint density at radius 3 is 2.85 bits per heavy atom. The number of aldehydes is 1. The Balaban J connectivity index is 2.01. The molecule has 1 aromatic heterocycles. The van der Waals surface area contributed by atoms with Crippen LogP contribution in [-0.4, -0.2) is 23.1 Å². The van der Waals surface area contributed by atoms with Crippen molar-refractivity contribution in [2.24, 2.45) is 0 Å².